The molecule has 3 aromatic rings. The van der Waals surface area contributed by atoms with E-state index in [4.69, 9.17) is 0 Å². The molecule has 0 radical (unpaired) electrons. The molecule has 2 heterocycles. The molecule has 0 aliphatic heterocycles. The van der Waals surface area contributed by atoms with Gasteiger partial charge in [0.15, 0.2) is 0 Å². The molecule has 0 fully saturated rings. The molecule has 1 N–H and O–H groups in total. The Morgan fingerprint density at radius 3 is 2.86 bits per heavy atom. The standard InChI is InChI=1S/C14H16N4O2S2/c1-2-18-10-11(9-15-18)22(19,20)16-8-7-14-17-12-5-3-4-6-13(12)21-14/h3-6,9-10,16H,2,7-8H2,1H3. The van der Waals surface area contributed by atoms with E-state index in [-0.39, 0.29) is 4.90 Å². The molecule has 0 saturated heterocycles. The molecule has 3 rings (SSSR count). The van der Waals surface area contributed by atoms with Crippen LogP contribution in [0.25, 0.3) is 10.2 Å². The largest absolute Gasteiger partial charge is 0.272 e. The van der Waals surface area contributed by atoms with E-state index in [0.29, 0.717) is 19.5 Å². The first-order valence-electron chi connectivity index (χ1n) is 6.95. The predicted octanol–water partition coefficient (Wildman–Crippen LogP) is 2.03. The number of sulfonamides is 1. The molecule has 0 amide bonds. The summed E-state index contributed by atoms with van der Waals surface area (Å²) in [6.45, 7) is 2.87. The minimum absolute atomic E-state index is 0.193. The van der Waals surface area contributed by atoms with Gasteiger partial charge >= 0.3 is 0 Å². The minimum Gasteiger partial charge on any atom is -0.272 e. The lowest BCUT2D eigenvalue weighted by molar-refractivity contribution is 0.581. The number of thiazole rings is 1. The van der Waals surface area contributed by atoms with E-state index in [9.17, 15) is 8.42 Å². The Labute approximate surface area is 132 Å². The van der Waals surface area contributed by atoms with Crippen LogP contribution >= 0.6 is 11.3 Å². The van der Waals surface area contributed by atoms with E-state index in [1.54, 1.807) is 16.0 Å². The predicted molar refractivity (Wildman–Crippen MR) is 86.4 cm³/mol. The smallest absolute Gasteiger partial charge is 0.243 e. The Bertz CT molecular complexity index is 850. The van der Waals surface area contributed by atoms with Gasteiger partial charge in [0.1, 0.15) is 4.90 Å². The summed E-state index contributed by atoms with van der Waals surface area (Å²) in [5, 5.41) is 4.91. The maximum absolute atomic E-state index is 12.1. The summed E-state index contributed by atoms with van der Waals surface area (Å²) < 4.78 is 29.6. The zero-order chi connectivity index (χ0) is 15.6. The Morgan fingerprint density at radius 2 is 2.14 bits per heavy atom. The number of benzene rings is 1. The highest BCUT2D eigenvalue weighted by Gasteiger charge is 2.16. The summed E-state index contributed by atoms with van der Waals surface area (Å²) >= 11 is 1.59. The van der Waals surface area contributed by atoms with Crippen LogP contribution in [0.1, 0.15) is 11.9 Å². The summed E-state index contributed by atoms with van der Waals surface area (Å²) in [7, 11) is -3.51. The quantitative estimate of drug-likeness (QED) is 0.747. The van der Waals surface area contributed by atoms with Crippen LogP contribution in [0, 0.1) is 0 Å². The Morgan fingerprint density at radius 1 is 1.32 bits per heavy atom. The number of nitrogens with one attached hydrogen (secondary N) is 1. The van der Waals surface area contributed by atoms with Gasteiger partial charge in [0.2, 0.25) is 10.0 Å². The number of aromatic nitrogens is 3. The summed E-state index contributed by atoms with van der Waals surface area (Å²) in [5.74, 6) is 0. The lowest BCUT2D eigenvalue weighted by atomic mass is 10.3. The highest BCUT2D eigenvalue weighted by molar-refractivity contribution is 7.89. The van der Waals surface area contributed by atoms with E-state index in [1.165, 1.54) is 12.4 Å². The van der Waals surface area contributed by atoms with E-state index in [2.05, 4.69) is 14.8 Å². The van der Waals surface area contributed by atoms with Gasteiger partial charge in [-0.15, -0.1) is 11.3 Å². The van der Waals surface area contributed by atoms with Crippen molar-refractivity contribution < 1.29 is 8.42 Å². The van der Waals surface area contributed by atoms with Crippen molar-refractivity contribution in [1.29, 1.82) is 0 Å². The molecule has 8 heteroatoms. The monoisotopic (exact) mass is 336 g/mol. The van der Waals surface area contributed by atoms with Crippen LogP contribution in [0.2, 0.25) is 0 Å². The first kappa shape index (κ1) is 15.1. The van der Waals surface area contributed by atoms with Gasteiger partial charge in [-0.05, 0) is 19.1 Å². The normalized spacial score (nSPS) is 12.0. The molecule has 0 bridgehead atoms. The average Bonchev–Trinajstić information content (AvgIpc) is 3.13. The summed E-state index contributed by atoms with van der Waals surface area (Å²) in [6.07, 6.45) is 3.46. The van der Waals surface area contributed by atoms with Gasteiger partial charge in [0.05, 0.1) is 21.4 Å². The van der Waals surface area contributed by atoms with E-state index < -0.39 is 10.0 Å². The molecule has 0 unspecified atom stereocenters. The molecule has 6 nitrogen and oxygen atoms in total. The van der Waals surface area contributed by atoms with Gasteiger partial charge in [-0.1, -0.05) is 12.1 Å². The number of fused-ring (bicyclic) bond motifs is 1. The SMILES string of the molecule is CCn1cc(S(=O)(=O)NCCc2nc3ccccc3s2)cn1. The van der Waals surface area contributed by atoms with Crippen molar-refractivity contribution in [1.82, 2.24) is 19.5 Å². The highest BCUT2D eigenvalue weighted by atomic mass is 32.2. The second-order valence-corrected chi connectivity index (χ2v) is 7.64. The fraction of sp³-hybridized carbons (Fsp3) is 0.286. The van der Waals surface area contributed by atoms with Gasteiger partial charge in [0.25, 0.3) is 0 Å². The van der Waals surface area contributed by atoms with Crippen molar-refractivity contribution in [2.75, 3.05) is 6.54 Å². The number of nitrogens with zero attached hydrogens (tertiary/aromatic N) is 3. The average molecular weight is 336 g/mol. The van der Waals surface area contributed by atoms with Gasteiger partial charge in [0, 0.05) is 25.7 Å². The Balaban J connectivity index is 1.64. The summed E-state index contributed by atoms with van der Waals surface area (Å²) in [4.78, 5) is 4.68. The van der Waals surface area contributed by atoms with E-state index in [0.717, 1.165) is 15.2 Å². The van der Waals surface area contributed by atoms with Crippen molar-refractivity contribution in [2.45, 2.75) is 24.8 Å². The second kappa shape index (κ2) is 6.15. The molecular weight excluding hydrogens is 320 g/mol. The number of rotatable bonds is 6. The zero-order valence-corrected chi connectivity index (χ0v) is 13.7. The topological polar surface area (TPSA) is 76.9 Å². The van der Waals surface area contributed by atoms with E-state index >= 15 is 0 Å². The molecule has 0 atom stereocenters. The van der Waals surface area contributed by atoms with Gasteiger partial charge in [-0.3, -0.25) is 4.68 Å². The molecular formula is C14H16N4O2S2. The third-order valence-corrected chi connectivity index (χ3v) is 5.72. The van der Waals surface area contributed by atoms with Crippen LogP contribution in [-0.4, -0.2) is 29.7 Å². The van der Waals surface area contributed by atoms with Gasteiger partial charge in [-0.2, -0.15) is 5.10 Å². The third kappa shape index (κ3) is 3.18. The Hall–Kier alpha value is -1.77. The fourth-order valence-corrected chi connectivity index (χ4v) is 4.01. The first-order chi connectivity index (χ1) is 10.6. The van der Waals surface area contributed by atoms with Crippen molar-refractivity contribution in [3.8, 4) is 0 Å². The molecule has 0 aliphatic carbocycles. The van der Waals surface area contributed by atoms with Crippen LogP contribution in [0.4, 0.5) is 0 Å². The third-order valence-electron chi connectivity index (χ3n) is 3.21. The van der Waals surface area contributed by atoms with Crippen LogP contribution in [-0.2, 0) is 23.0 Å². The molecule has 22 heavy (non-hydrogen) atoms. The number of aryl methyl sites for hydroxylation is 1. The molecule has 0 saturated carbocycles. The lowest BCUT2D eigenvalue weighted by Gasteiger charge is -2.02. The van der Waals surface area contributed by atoms with Crippen LogP contribution in [0.5, 0.6) is 0 Å². The Kier molecular flexibility index (Phi) is 4.23. The molecule has 0 spiro atoms. The summed E-state index contributed by atoms with van der Waals surface area (Å²) in [6, 6.07) is 7.89. The van der Waals surface area contributed by atoms with Crippen LogP contribution in [0.3, 0.4) is 0 Å². The van der Waals surface area contributed by atoms with Crippen molar-refractivity contribution in [3.63, 3.8) is 0 Å². The number of hydrogen-bond acceptors (Lipinski definition) is 5. The summed E-state index contributed by atoms with van der Waals surface area (Å²) in [5.41, 5.74) is 0.953. The lowest BCUT2D eigenvalue weighted by Crippen LogP contribution is -2.25. The van der Waals surface area contributed by atoms with Crippen LogP contribution < -0.4 is 4.72 Å². The second-order valence-electron chi connectivity index (χ2n) is 4.75. The van der Waals surface area contributed by atoms with E-state index in [1.807, 2.05) is 31.2 Å². The maximum Gasteiger partial charge on any atom is 0.243 e. The van der Waals surface area contributed by atoms with Crippen molar-refractivity contribution in [3.05, 3.63) is 41.7 Å². The number of para-hydroxylation sites is 1. The van der Waals surface area contributed by atoms with Gasteiger partial charge in [-0.25, -0.2) is 18.1 Å². The van der Waals surface area contributed by atoms with Crippen molar-refractivity contribution in [2.24, 2.45) is 0 Å². The number of hydrogen-bond donors (Lipinski definition) is 1. The van der Waals surface area contributed by atoms with Crippen LogP contribution in [0.15, 0.2) is 41.6 Å². The molecule has 2 aromatic heterocycles. The highest BCUT2D eigenvalue weighted by Crippen LogP contribution is 2.21. The molecule has 1 aromatic carbocycles. The van der Waals surface area contributed by atoms with Crippen molar-refractivity contribution >= 4 is 31.6 Å². The van der Waals surface area contributed by atoms with Gasteiger partial charge < -0.3 is 0 Å². The molecule has 0 aliphatic rings. The zero-order valence-electron chi connectivity index (χ0n) is 12.1. The fourth-order valence-electron chi connectivity index (χ4n) is 2.06. The minimum atomic E-state index is -3.51. The molecule has 116 valence electrons. The first-order valence-corrected chi connectivity index (χ1v) is 9.25. The maximum atomic E-state index is 12.1.